The summed E-state index contributed by atoms with van der Waals surface area (Å²) < 4.78 is 0. The molecule has 0 aliphatic heterocycles. The summed E-state index contributed by atoms with van der Waals surface area (Å²) in [5.41, 5.74) is 6.72. The molecule has 1 fully saturated rings. The van der Waals surface area contributed by atoms with Crippen LogP contribution < -0.4 is 5.73 Å². The third-order valence-corrected chi connectivity index (χ3v) is 3.09. The maximum absolute atomic E-state index is 12.1. The van der Waals surface area contributed by atoms with Gasteiger partial charge in [0.25, 0.3) is 0 Å². The topological polar surface area (TPSA) is 46.3 Å². The van der Waals surface area contributed by atoms with Crippen molar-refractivity contribution in [2.24, 2.45) is 11.7 Å². The molecular weight excluding hydrogens is 212 g/mol. The predicted octanol–water partition coefficient (Wildman–Crippen LogP) is 1.77. The zero-order valence-corrected chi connectivity index (χ0v) is 10.1. The van der Waals surface area contributed by atoms with Crippen LogP contribution in [0.1, 0.15) is 24.8 Å². The second-order valence-electron chi connectivity index (χ2n) is 4.66. The molecule has 0 aromatic heterocycles. The number of nitrogens with zero attached hydrogens (tertiary/aromatic N) is 1. The fourth-order valence-electron chi connectivity index (χ4n) is 1.94. The number of benzene rings is 1. The van der Waals surface area contributed by atoms with E-state index in [9.17, 15) is 4.79 Å². The van der Waals surface area contributed by atoms with Crippen LogP contribution in [0.25, 0.3) is 0 Å². The van der Waals surface area contributed by atoms with Crippen LogP contribution >= 0.6 is 0 Å². The van der Waals surface area contributed by atoms with Crippen molar-refractivity contribution < 1.29 is 4.79 Å². The van der Waals surface area contributed by atoms with E-state index in [1.54, 1.807) is 0 Å². The van der Waals surface area contributed by atoms with E-state index in [0.29, 0.717) is 12.5 Å². The Hall–Kier alpha value is -1.35. The minimum absolute atomic E-state index is 0.288. The number of amides is 1. The van der Waals surface area contributed by atoms with E-state index in [-0.39, 0.29) is 5.92 Å². The van der Waals surface area contributed by atoms with Crippen LogP contribution in [0.2, 0.25) is 0 Å². The summed E-state index contributed by atoms with van der Waals surface area (Å²) in [5, 5.41) is 0. The highest BCUT2D eigenvalue weighted by Crippen LogP contribution is 2.31. The van der Waals surface area contributed by atoms with Crippen molar-refractivity contribution in [3.05, 3.63) is 35.9 Å². The SMILES string of the molecule is NCCCN(Cc1ccccc1)C(=O)C1CC1. The van der Waals surface area contributed by atoms with Crippen molar-refractivity contribution in [3.63, 3.8) is 0 Å². The molecule has 17 heavy (non-hydrogen) atoms. The first-order valence-corrected chi connectivity index (χ1v) is 6.34. The van der Waals surface area contributed by atoms with Crippen LogP contribution in [-0.2, 0) is 11.3 Å². The molecule has 0 atom stereocenters. The molecule has 1 aliphatic rings. The molecule has 1 saturated carbocycles. The Morgan fingerprint density at radius 1 is 1.29 bits per heavy atom. The van der Waals surface area contributed by atoms with Gasteiger partial charge in [-0.25, -0.2) is 0 Å². The maximum Gasteiger partial charge on any atom is 0.225 e. The highest BCUT2D eigenvalue weighted by Gasteiger charge is 2.33. The number of hydrogen-bond acceptors (Lipinski definition) is 2. The summed E-state index contributed by atoms with van der Waals surface area (Å²) in [6.07, 6.45) is 3.00. The standard InChI is InChI=1S/C14H20N2O/c15-9-4-10-16(14(17)13-7-8-13)11-12-5-2-1-3-6-12/h1-3,5-6,13H,4,7-11,15H2. The molecule has 1 aromatic rings. The summed E-state index contributed by atoms with van der Waals surface area (Å²) in [5.74, 6) is 0.596. The molecule has 2 N–H and O–H groups in total. The van der Waals surface area contributed by atoms with Crippen LogP contribution in [0.15, 0.2) is 30.3 Å². The lowest BCUT2D eigenvalue weighted by molar-refractivity contribution is -0.133. The number of carbonyl (C=O) groups is 1. The molecule has 0 bridgehead atoms. The summed E-state index contributed by atoms with van der Waals surface area (Å²) >= 11 is 0. The second-order valence-corrected chi connectivity index (χ2v) is 4.66. The van der Waals surface area contributed by atoms with E-state index in [1.807, 2.05) is 23.1 Å². The molecule has 0 spiro atoms. The first-order chi connectivity index (χ1) is 8.31. The van der Waals surface area contributed by atoms with Gasteiger partial charge in [-0.05, 0) is 31.4 Å². The average Bonchev–Trinajstić information content (AvgIpc) is 3.19. The zero-order valence-electron chi connectivity index (χ0n) is 10.1. The Morgan fingerprint density at radius 3 is 2.59 bits per heavy atom. The van der Waals surface area contributed by atoms with Gasteiger partial charge in [-0.15, -0.1) is 0 Å². The first-order valence-electron chi connectivity index (χ1n) is 6.34. The van der Waals surface area contributed by atoms with E-state index < -0.39 is 0 Å². The van der Waals surface area contributed by atoms with Gasteiger partial charge in [0.05, 0.1) is 0 Å². The van der Waals surface area contributed by atoms with E-state index in [0.717, 1.165) is 32.4 Å². The number of nitrogens with two attached hydrogens (primary N) is 1. The molecule has 0 radical (unpaired) electrons. The molecule has 1 aliphatic carbocycles. The van der Waals surface area contributed by atoms with Crippen molar-refractivity contribution in [1.29, 1.82) is 0 Å². The van der Waals surface area contributed by atoms with Crippen LogP contribution in [0.5, 0.6) is 0 Å². The van der Waals surface area contributed by atoms with Gasteiger partial charge in [0.1, 0.15) is 0 Å². The smallest absolute Gasteiger partial charge is 0.225 e. The van der Waals surface area contributed by atoms with E-state index in [2.05, 4.69) is 12.1 Å². The fourth-order valence-corrected chi connectivity index (χ4v) is 1.94. The lowest BCUT2D eigenvalue weighted by Gasteiger charge is -2.22. The zero-order chi connectivity index (χ0) is 12.1. The van der Waals surface area contributed by atoms with Crippen molar-refractivity contribution in [1.82, 2.24) is 4.90 Å². The molecular formula is C14H20N2O. The molecule has 1 amide bonds. The normalized spacial score (nSPS) is 14.6. The van der Waals surface area contributed by atoms with Gasteiger partial charge in [-0.3, -0.25) is 4.79 Å². The Labute approximate surface area is 103 Å². The summed E-state index contributed by atoms with van der Waals surface area (Å²) in [6, 6.07) is 10.2. The highest BCUT2D eigenvalue weighted by atomic mass is 16.2. The largest absolute Gasteiger partial charge is 0.338 e. The highest BCUT2D eigenvalue weighted by molar-refractivity contribution is 5.81. The molecule has 0 saturated heterocycles. The third-order valence-electron chi connectivity index (χ3n) is 3.09. The first kappa shape index (κ1) is 12.1. The van der Waals surface area contributed by atoms with Gasteiger partial charge >= 0.3 is 0 Å². The maximum atomic E-state index is 12.1. The Bertz CT molecular complexity index is 360. The Morgan fingerprint density at radius 2 is 2.00 bits per heavy atom. The van der Waals surface area contributed by atoms with Gasteiger partial charge in [-0.1, -0.05) is 30.3 Å². The summed E-state index contributed by atoms with van der Waals surface area (Å²) in [7, 11) is 0. The van der Waals surface area contributed by atoms with Crippen LogP contribution in [-0.4, -0.2) is 23.9 Å². The quantitative estimate of drug-likeness (QED) is 0.812. The number of rotatable bonds is 6. The van der Waals surface area contributed by atoms with Crippen LogP contribution in [0, 0.1) is 5.92 Å². The molecule has 0 unspecified atom stereocenters. The average molecular weight is 232 g/mol. The van der Waals surface area contributed by atoms with Crippen molar-refractivity contribution in [2.75, 3.05) is 13.1 Å². The predicted molar refractivity (Wildman–Crippen MR) is 68.3 cm³/mol. The lowest BCUT2D eigenvalue weighted by Crippen LogP contribution is -2.33. The Balaban J connectivity index is 1.97. The number of carbonyl (C=O) groups excluding carboxylic acids is 1. The monoisotopic (exact) mass is 232 g/mol. The van der Waals surface area contributed by atoms with Gasteiger partial charge in [0.15, 0.2) is 0 Å². The van der Waals surface area contributed by atoms with Gasteiger partial charge in [0.2, 0.25) is 5.91 Å². The van der Waals surface area contributed by atoms with Gasteiger partial charge < -0.3 is 10.6 Å². The fraction of sp³-hybridized carbons (Fsp3) is 0.500. The summed E-state index contributed by atoms with van der Waals surface area (Å²) in [4.78, 5) is 14.1. The Kier molecular flexibility index (Phi) is 4.15. The molecule has 2 rings (SSSR count). The van der Waals surface area contributed by atoms with Crippen LogP contribution in [0.3, 0.4) is 0 Å². The van der Waals surface area contributed by atoms with Crippen molar-refractivity contribution >= 4 is 5.91 Å². The lowest BCUT2D eigenvalue weighted by atomic mass is 10.2. The molecule has 92 valence electrons. The van der Waals surface area contributed by atoms with E-state index in [4.69, 9.17) is 5.73 Å². The number of hydrogen-bond donors (Lipinski definition) is 1. The molecule has 1 aromatic carbocycles. The minimum atomic E-state index is 0.288. The van der Waals surface area contributed by atoms with Crippen molar-refractivity contribution in [3.8, 4) is 0 Å². The van der Waals surface area contributed by atoms with E-state index in [1.165, 1.54) is 5.56 Å². The minimum Gasteiger partial charge on any atom is -0.338 e. The molecule has 0 heterocycles. The third kappa shape index (κ3) is 3.56. The van der Waals surface area contributed by atoms with Crippen molar-refractivity contribution in [2.45, 2.75) is 25.8 Å². The molecule has 3 heteroatoms. The van der Waals surface area contributed by atoms with Crippen LogP contribution in [0.4, 0.5) is 0 Å². The van der Waals surface area contributed by atoms with Gasteiger partial charge in [0, 0.05) is 19.0 Å². The van der Waals surface area contributed by atoms with Gasteiger partial charge in [-0.2, -0.15) is 0 Å². The summed E-state index contributed by atoms with van der Waals surface area (Å²) in [6.45, 7) is 2.14. The van der Waals surface area contributed by atoms with E-state index >= 15 is 0 Å². The second kappa shape index (κ2) is 5.82. The molecule has 3 nitrogen and oxygen atoms in total.